The van der Waals surface area contributed by atoms with Crippen LogP contribution < -0.4 is 0 Å². The van der Waals surface area contributed by atoms with Gasteiger partial charge in [0.25, 0.3) is 0 Å². The van der Waals surface area contributed by atoms with Crippen LogP contribution in [0.25, 0.3) is 0 Å². The minimum Gasteiger partial charge on any atom is -0.475 e. The number of aromatic nitrogens is 2. The number of alkyl halides is 3. The van der Waals surface area contributed by atoms with E-state index in [4.69, 9.17) is 19.6 Å². The van der Waals surface area contributed by atoms with Gasteiger partial charge in [0.15, 0.2) is 0 Å². The van der Waals surface area contributed by atoms with Crippen LogP contribution in [0.4, 0.5) is 13.2 Å². The zero-order valence-corrected chi connectivity index (χ0v) is 18.9. The normalized spacial score (nSPS) is 15.9. The third-order valence-electron chi connectivity index (χ3n) is 5.11. The van der Waals surface area contributed by atoms with Gasteiger partial charge in [-0.25, -0.2) is 9.78 Å². The number of carbonyl (C=O) groups excluding carboxylic acids is 1. The molecular weight excluding hydrogens is 441 g/mol. The Labute approximate surface area is 190 Å². The summed E-state index contributed by atoms with van der Waals surface area (Å²) >= 11 is 0. The zero-order chi connectivity index (χ0) is 24.6. The third-order valence-corrected chi connectivity index (χ3v) is 5.11. The number of benzene rings is 1. The largest absolute Gasteiger partial charge is 0.490 e. The Morgan fingerprint density at radius 1 is 1.21 bits per heavy atom. The number of imidazole rings is 1. The van der Waals surface area contributed by atoms with Crippen molar-refractivity contribution in [2.45, 2.75) is 38.7 Å². The molecule has 182 valence electrons. The van der Waals surface area contributed by atoms with Crippen molar-refractivity contribution < 1.29 is 32.6 Å². The van der Waals surface area contributed by atoms with Gasteiger partial charge in [-0.3, -0.25) is 9.69 Å². The first-order valence-corrected chi connectivity index (χ1v) is 10.4. The van der Waals surface area contributed by atoms with Crippen LogP contribution in [-0.4, -0.2) is 76.3 Å². The van der Waals surface area contributed by atoms with Gasteiger partial charge in [-0.1, -0.05) is 30.3 Å². The summed E-state index contributed by atoms with van der Waals surface area (Å²) in [6.07, 6.45) is -2.70. The van der Waals surface area contributed by atoms with E-state index in [9.17, 15) is 18.0 Å². The van der Waals surface area contributed by atoms with Crippen molar-refractivity contribution in [2.24, 2.45) is 0 Å². The van der Waals surface area contributed by atoms with E-state index in [0.29, 0.717) is 19.6 Å². The van der Waals surface area contributed by atoms with Crippen LogP contribution in [0.5, 0.6) is 0 Å². The number of likely N-dealkylation sites (N-methyl/N-ethyl adjacent to an activating group) is 1. The van der Waals surface area contributed by atoms with Gasteiger partial charge in [-0.05, 0) is 12.5 Å². The maximum absolute atomic E-state index is 11.9. The topological polar surface area (TPSA) is 87.9 Å². The fourth-order valence-electron chi connectivity index (χ4n) is 3.24. The monoisotopic (exact) mass is 470 g/mol. The van der Waals surface area contributed by atoms with Crippen molar-refractivity contribution in [3.63, 3.8) is 0 Å². The summed E-state index contributed by atoms with van der Waals surface area (Å²) in [5, 5.41) is 7.12. The average Bonchev–Trinajstić information content (AvgIpc) is 3.16. The van der Waals surface area contributed by atoms with Gasteiger partial charge in [-0.15, -0.1) is 0 Å². The van der Waals surface area contributed by atoms with E-state index in [1.54, 1.807) is 19.0 Å². The van der Waals surface area contributed by atoms with E-state index < -0.39 is 12.1 Å². The van der Waals surface area contributed by atoms with Crippen molar-refractivity contribution >= 4 is 11.9 Å². The number of carboxylic acid groups (broad SMARTS) is 1. The van der Waals surface area contributed by atoms with Gasteiger partial charge in [0.1, 0.15) is 5.82 Å². The van der Waals surface area contributed by atoms with Crippen LogP contribution in [0.3, 0.4) is 0 Å². The van der Waals surface area contributed by atoms with Crippen LogP contribution >= 0.6 is 0 Å². The van der Waals surface area contributed by atoms with Crippen molar-refractivity contribution in [1.29, 1.82) is 0 Å². The number of hydrogen-bond donors (Lipinski definition) is 1. The van der Waals surface area contributed by atoms with E-state index >= 15 is 0 Å². The fourth-order valence-corrected chi connectivity index (χ4v) is 3.24. The predicted molar refractivity (Wildman–Crippen MR) is 114 cm³/mol. The molecule has 1 aromatic carbocycles. The van der Waals surface area contributed by atoms with Gasteiger partial charge in [-0.2, -0.15) is 13.2 Å². The molecule has 1 amide bonds. The lowest BCUT2D eigenvalue weighted by molar-refractivity contribution is -0.192. The highest BCUT2D eigenvalue weighted by Crippen LogP contribution is 2.24. The molecule has 11 heteroatoms. The summed E-state index contributed by atoms with van der Waals surface area (Å²) in [4.78, 5) is 29.5. The molecule has 1 unspecified atom stereocenters. The number of hydrogen-bond acceptors (Lipinski definition) is 5. The first-order chi connectivity index (χ1) is 15.5. The average molecular weight is 470 g/mol. The summed E-state index contributed by atoms with van der Waals surface area (Å²) in [7, 11) is 3.55. The maximum Gasteiger partial charge on any atom is 0.490 e. The number of rotatable bonds is 7. The molecule has 3 rings (SSSR count). The van der Waals surface area contributed by atoms with Gasteiger partial charge in [0.2, 0.25) is 5.91 Å². The Kier molecular flexibility index (Phi) is 9.42. The number of carboxylic acids is 1. The van der Waals surface area contributed by atoms with Gasteiger partial charge in [0.05, 0.1) is 31.4 Å². The van der Waals surface area contributed by atoms with Gasteiger partial charge < -0.3 is 19.3 Å². The number of amides is 1. The van der Waals surface area contributed by atoms with Crippen molar-refractivity contribution in [3.05, 3.63) is 53.6 Å². The zero-order valence-electron chi connectivity index (χ0n) is 18.9. The summed E-state index contributed by atoms with van der Waals surface area (Å²) in [6, 6.07) is 10.5. The number of fused-ring (bicyclic) bond motifs is 1. The SMILES string of the molecule is CC1c2nc(CC(=O)N(C)C)cn2CCN1CCOCc1ccccc1.O=C(O)C(F)(F)F. The minimum absolute atomic E-state index is 0.0827. The lowest BCUT2D eigenvalue weighted by atomic mass is 10.2. The molecule has 0 bridgehead atoms. The predicted octanol–water partition coefficient (Wildman–Crippen LogP) is 2.74. The Hall–Kier alpha value is -2.92. The molecule has 0 spiro atoms. The number of ether oxygens (including phenoxy) is 1. The quantitative estimate of drug-likeness (QED) is 0.627. The summed E-state index contributed by atoms with van der Waals surface area (Å²) < 4.78 is 39.7. The first-order valence-electron chi connectivity index (χ1n) is 10.4. The van der Waals surface area contributed by atoms with E-state index in [2.05, 4.69) is 28.5 Å². The highest BCUT2D eigenvalue weighted by molar-refractivity contribution is 5.77. The van der Waals surface area contributed by atoms with Crippen LogP contribution in [0.2, 0.25) is 0 Å². The lowest BCUT2D eigenvalue weighted by Crippen LogP contribution is -2.38. The molecule has 33 heavy (non-hydrogen) atoms. The van der Waals surface area contributed by atoms with Crippen molar-refractivity contribution in [1.82, 2.24) is 19.4 Å². The van der Waals surface area contributed by atoms with E-state index in [0.717, 1.165) is 31.2 Å². The molecule has 0 radical (unpaired) electrons. The van der Waals surface area contributed by atoms with Crippen molar-refractivity contribution in [3.8, 4) is 0 Å². The molecule has 1 aliphatic rings. The smallest absolute Gasteiger partial charge is 0.475 e. The molecule has 1 atom stereocenters. The van der Waals surface area contributed by atoms with Gasteiger partial charge >= 0.3 is 12.1 Å². The molecule has 2 heterocycles. The second-order valence-electron chi connectivity index (χ2n) is 7.80. The molecular formula is C22H29F3N4O4. The first kappa shape index (κ1) is 26.3. The van der Waals surface area contributed by atoms with Crippen molar-refractivity contribution in [2.75, 3.05) is 33.8 Å². The fraction of sp³-hybridized carbons (Fsp3) is 0.500. The van der Waals surface area contributed by atoms with E-state index in [1.165, 1.54) is 5.56 Å². The Bertz CT molecular complexity index is 916. The lowest BCUT2D eigenvalue weighted by Gasteiger charge is -2.33. The minimum atomic E-state index is -5.08. The molecule has 1 aromatic heterocycles. The Morgan fingerprint density at radius 3 is 2.42 bits per heavy atom. The summed E-state index contributed by atoms with van der Waals surface area (Å²) in [5.41, 5.74) is 2.05. The Balaban J connectivity index is 0.000000479. The number of halogens is 3. The summed E-state index contributed by atoms with van der Waals surface area (Å²) in [6.45, 7) is 6.28. The molecule has 0 saturated carbocycles. The maximum atomic E-state index is 11.9. The highest BCUT2D eigenvalue weighted by Gasteiger charge is 2.38. The van der Waals surface area contributed by atoms with Crippen LogP contribution in [-0.2, 0) is 33.9 Å². The molecule has 1 N–H and O–H groups in total. The van der Waals surface area contributed by atoms with E-state index in [1.807, 2.05) is 24.4 Å². The van der Waals surface area contributed by atoms with Crippen LogP contribution in [0.1, 0.15) is 30.0 Å². The second kappa shape index (κ2) is 11.8. The molecule has 8 nitrogen and oxygen atoms in total. The van der Waals surface area contributed by atoms with Crippen LogP contribution in [0.15, 0.2) is 36.5 Å². The second-order valence-corrected chi connectivity index (χ2v) is 7.80. The van der Waals surface area contributed by atoms with Crippen LogP contribution in [0, 0.1) is 0 Å². The third kappa shape index (κ3) is 8.17. The Morgan fingerprint density at radius 2 is 1.85 bits per heavy atom. The van der Waals surface area contributed by atoms with E-state index in [-0.39, 0.29) is 11.9 Å². The summed E-state index contributed by atoms with van der Waals surface area (Å²) in [5.74, 6) is -1.63. The highest BCUT2D eigenvalue weighted by atomic mass is 19.4. The molecule has 0 aliphatic carbocycles. The number of nitrogens with zero attached hydrogens (tertiary/aromatic N) is 4. The molecule has 1 aliphatic heterocycles. The molecule has 0 fully saturated rings. The number of aliphatic carboxylic acids is 1. The number of carbonyl (C=O) groups is 2. The molecule has 0 saturated heterocycles. The van der Waals surface area contributed by atoms with Gasteiger partial charge in [0, 0.05) is 39.9 Å². The molecule has 2 aromatic rings. The standard InChI is InChI=1S/C20H28N4O2.C2HF3O2/c1-16-20-21-18(13-19(25)22(2)3)14-24(20)10-9-23(16)11-12-26-15-17-7-5-4-6-8-17;3-2(4,5)1(6)7/h4-8,14,16H,9-13,15H2,1-3H3;(H,6,7).